The largest absolute Gasteiger partial charge is 0.493 e. The molecule has 1 aromatic carbocycles. The van der Waals surface area contributed by atoms with Gasteiger partial charge in [0.15, 0.2) is 0 Å². The van der Waals surface area contributed by atoms with E-state index in [2.05, 4.69) is 28.4 Å². The van der Waals surface area contributed by atoms with Crippen molar-refractivity contribution in [2.45, 2.75) is 32.7 Å². The summed E-state index contributed by atoms with van der Waals surface area (Å²) in [6.07, 6.45) is 2.21. The molecule has 1 aromatic rings. The fraction of sp³-hybridized carbons (Fsp3) is 0.579. The Bertz CT molecular complexity index is 624. The molecule has 2 aliphatic heterocycles. The second kappa shape index (κ2) is 8.34. The molecule has 0 saturated carbocycles. The minimum absolute atomic E-state index is 0.0424. The standard InChI is InChI=1S/C19H27N3O3/c1-15(23)20-7-2-3-19(24)22-10-8-21(9-11-22)14-16-4-5-18-17(13-16)6-12-25-18/h4-5,13H,2-3,6-12,14H2,1H3,(H,20,23). The topological polar surface area (TPSA) is 61.9 Å². The van der Waals surface area contributed by atoms with E-state index in [0.717, 1.165) is 51.5 Å². The van der Waals surface area contributed by atoms with Crippen molar-refractivity contribution < 1.29 is 14.3 Å². The van der Waals surface area contributed by atoms with E-state index in [1.165, 1.54) is 18.1 Å². The van der Waals surface area contributed by atoms with Gasteiger partial charge in [0.25, 0.3) is 0 Å². The summed E-state index contributed by atoms with van der Waals surface area (Å²) in [7, 11) is 0. The first kappa shape index (κ1) is 17.7. The molecule has 25 heavy (non-hydrogen) atoms. The molecular formula is C19H27N3O3. The molecule has 2 heterocycles. The number of piperazine rings is 1. The van der Waals surface area contributed by atoms with Crippen molar-refractivity contribution in [2.24, 2.45) is 0 Å². The Hall–Kier alpha value is -2.08. The SMILES string of the molecule is CC(=O)NCCCC(=O)N1CCN(Cc2ccc3c(c2)CCO3)CC1. The summed E-state index contributed by atoms with van der Waals surface area (Å²) >= 11 is 0. The van der Waals surface area contributed by atoms with Crippen LogP contribution in [0, 0.1) is 0 Å². The van der Waals surface area contributed by atoms with Crippen LogP contribution in [-0.4, -0.2) is 60.9 Å². The number of nitrogens with zero attached hydrogens (tertiary/aromatic N) is 2. The number of ether oxygens (including phenoxy) is 1. The van der Waals surface area contributed by atoms with E-state index >= 15 is 0 Å². The highest BCUT2D eigenvalue weighted by atomic mass is 16.5. The number of rotatable bonds is 6. The number of hydrogen-bond acceptors (Lipinski definition) is 4. The van der Waals surface area contributed by atoms with Gasteiger partial charge in [-0.15, -0.1) is 0 Å². The number of nitrogens with one attached hydrogen (secondary N) is 1. The predicted molar refractivity (Wildman–Crippen MR) is 95.4 cm³/mol. The van der Waals surface area contributed by atoms with Gasteiger partial charge in [0, 0.05) is 59.0 Å². The Morgan fingerprint density at radius 2 is 2.00 bits per heavy atom. The van der Waals surface area contributed by atoms with Crippen molar-refractivity contribution in [3.63, 3.8) is 0 Å². The van der Waals surface area contributed by atoms with Gasteiger partial charge in [0.1, 0.15) is 5.75 Å². The lowest BCUT2D eigenvalue weighted by atomic mass is 10.1. The lowest BCUT2D eigenvalue weighted by Crippen LogP contribution is -2.48. The van der Waals surface area contributed by atoms with E-state index in [1.54, 1.807) is 0 Å². The van der Waals surface area contributed by atoms with Crippen LogP contribution in [0.25, 0.3) is 0 Å². The Labute approximate surface area is 149 Å². The molecule has 0 atom stereocenters. The minimum atomic E-state index is -0.0424. The van der Waals surface area contributed by atoms with Gasteiger partial charge >= 0.3 is 0 Å². The molecule has 3 rings (SSSR count). The third-order valence-corrected chi connectivity index (χ3v) is 4.83. The van der Waals surface area contributed by atoms with Gasteiger partial charge in [-0.05, 0) is 23.6 Å². The maximum Gasteiger partial charge on any atom is 0.222 e. The summed E-state index contributed by atoms with van der Waals surface area (Å²) in [5.41, 5.74) is 2.63. The first-order chi connectivity index (χ1) is 12.1. The van der Waals surface area contributed by atoms with Crippen LogP contribution in [0.4, 0.5) is 0 Å². The highest BCUT2D eigenvalue weighted by Crippen LogP contribution is 2.26. The molecular weight excluding hydrogens is 318 g/mol. The maximum atomic E-state index is 12.2. The molecule has 1 N–H and O–H groups in total. The predicted octanol–water partition coefficient (Wildman–Crippen LogP) is 1.18. The van der Waals surface area contributed by atoms with Crippen molar-refractivity contribution in [3.8, 4) is 5.75 Å². The van der Waals surface area contributed by atoms with Crippen LogP contribution < -0.4 is 10.1 Å². The average molecular weight is 345 g/mol. The first-order valence-electron chi connectivity index (χ1n) is 9.11. The van der Waals surface area contributed by atoms with Gasteiger partial charge < -0.3 is 15.0 Å². The Kier molecular flexibility index (Phi) is 5.91. The van der Waals surface area contributed by atoms with Gasteiger partial charge in [-0.25, -0.2) is 0 Å². The third-order valence-electron chi connectivity index (χ3n) is 4.83. The fourth-order valence-electron chi connectivity index (χ4n) is 3.41. The van der Waals surface area contributed by atoms with E-state index in [0.29, 0.717) is 19.4 Å². The van der Waals surface area contributed by atoms with Gasteiger partial charge in [-0.2, -0.15) is 0 Å². The molecule has 2 aliphatic rings. The van der Waals surface area contributed by atoms with E-state index in [-0.39, 0.29) is 11.8 Å². The van der Waals surface area contributed by atoms with Crippen LogP contribution in [-0.2, 0) is 22.6 Å². The van der Waals surface area contributed by atoms with E-state index in [9.17, 15) is 9.59 Å². The average Bonchev–Trinajstić information content (AvgIpc) is 3.07. The number of fused-ring (bicyclic) bond motifs is 1. The summed E-state index contributed by atoms with van der Waals surface area (Å²) in [5, 5.41) is 2.73. The number of hydrogen-bond donors (Lipinski definition) is 1. The summed E-state index contributed by atoms with van der Waals surface area (Å²) in [4.78, 5) is 27.4. The number of benzene rings is 1. The monoisotopic (exact) mass is 345 g/mol. The highest BCUT2D eigenvalue weighted by Gasteiger charge is 2.21. The van der Waals surface area contributed by atoms with Gasteiger partial charge in [0.2, 0.25) is 11.8 Å². The third kappa shape index (κ3) is 4.95. The van der Waals surface area contributed by atoms with Crippen molar-refractivity contribution in [3.05, 3.63) is 29.3 Å². The van der Waals surface area contributed by atoms with Gasteiger partial charge in [0.05, 0.1) is 6.61 Å². The van der Waals surface area contributed by atoms with Gasteiger partial charge in [-0.1, -0.05) is 12.1 Å². The molecule has 6 nitrogen and oxygen atoms in total. The lowest BCUT2D eigenvalue weighted by molar-refractivity contribution is -0.133. The second-order valence-corrected chi connectivity index (χ2v) is 6.78. The maximum absolute atomic E-state index is 12.2. The van der Waals surface area contributed by atoms with Crippen LogP contribution >= 0.6 is 0 Å². The van der Waals surface area contributed by atoms with Crippen molar-refractivity contribution in [1.82, 2.24) is 15.1 Å². The Morgan fingerprint density at radius 1 is 1.20 bits per heavy atom. The molecule has 0 aliphatic carbocycles. The molecule has 0 bridgehead atoms. The lowest BCUT2D eigenvalue weighted by Gasteiger charge is -2.35. The summed E-state index contributed by atoms with van der Waals surface area (Å²) in [5.74, 6) is 1.18. The quantitative estimate of drug-likeness (QED) is 0.787. The number of carbonyl (C=O) groups is 2. The summed E-state index contributed by atoms with van der Waals surface area (Å²) in [6, 6.07) is 6.47. The minimum Gasteiger partial charge on any atom is -0.493 e. The van der Waals surface area contributed by atoms with Crippen LogP contribution in [0.1, 0.15) is 30.9 Å². The van der Waals surface area contributed by atoms with Crippen molar-refractivity contribution in [2.75, 3.05) is 39.3 Å². The van der Waals surface area contributed by atoms with Crippen molar-refractivity contribution >= 4 is 11.8 Å². The highest BCUT2D eigenvalue weighted by molar-refractivity contribution is 5.76. The van der Waals surface area contributed by atoms with Crippen LogP contribution in [0.2, 0.25) is 0 Å². The zero-order valence-electron chi connectivity index (χ0n) is 14.9. The Balaban J connectivity index is 1.39. The van der Waals surface area contributed by atoms with Crippen LogP contribution in [0.5, 0.6) is 5.75 Å². The van der Waals surface area contributed by atoms with Gasteiger partial charge in [-0.3, -0.25) is 14.5 Å². The zero-order valence-corrected chi connectivity index (χ0v) is 14.9. The molecule has 136 valence electrons. The molecule has 6 heteroatoms. The normalized spacial score (nSPS) is 17.1. The second-order valence-electron chi connectivity index (χ2n) is 6.78. The number of amides is 2. The number of carbonyl (C=O) groups excluding carboxylic acids is 2. The molecule has 1 fully saturated rings. The Morgan fingerprint density at radius 3 is 2.76 bits per heavy atom. The first-order valence-corrected chi connectivity index (χ1v) is 9.11. The van der Waals surface area contributed by atoms with Crippen molar-refractivity contribution in [1.29, 1.82) is 0 Å². The van der Waals surface area contributed by atoms with Crippen LogP contribution in [0.3, 0.4) is 0 Å². The van der Waals surface area contributed by atoms with E-state index in [1.807, 2.05) is 4.90 Å². The fourth-order valence-corrected chi connectivity index (χ4v) is 3.41. The molecule has 0 radical (unpaired) electrons. The molecule has 1 saturated heterocycles. The van der Waals surface area contributed by atoms with Crippen LogP contribution in [0.15, 0.2) is 18.2 Å². The zero-order chi connectivity index (χ0) is 17.6. The molecule has 0 spiro atoms. The summed E-state index contributed by atoms with van der Waals surface area (Å²) in [6.45, 7) is 7.17. The van der Waals surface area contributed by atoms with E-state index < -0.39 is 0 Å². The van der Waals surface area contributed by atoms with E-state index in [4.69, 9.17) is 4.74 Å². The molecule has 0 unspecified atom stereocenters. The molecule has 2 amide bonds. The molecule has 0 aromatic heterocycles. The summed E-state index contributed by atoms with van der Waals surface area (Å²) < 4.78 is 5.56. The smallest absolute Gasteiger partial charge is 0.222 e.